The molecule has 0 amide bonds. The second-order valence-corrected chi connectivity index (χ2v) is 5.98. The minimum Gasteiger partial charge on any atom is -0.345 e. The molecule has 0 aliphatic heterocycles. The molecule has 0 radical (unpaired) electrons. The van der Waals surface area contributed by atoms with Gasteiger partial charge in [0.25, 0.3) is 0 Å². The topological polar surface area (TPSA) is 62.3 Å². The Bertz CT molecular complexity index is 1030. The van der Waals surface area contributed by atoms with E-state index >= 15 is 0 Å². The molecule has 108 valence electrons. The van der Waals surface area contributed by atoms with Crippen LogP contribution in [0.3, 0.4) is 0 Å². The van der Waals surface area contributed by atoms with Crippen LogP contribution < -0.4 is 0 Å². The predicted octanol–water partition coefficient (Wildman–Crippen LogP) is 4.24. The van der Waals surface area contributed by atoms with Crippen molar-refractivity contribution in [2.24, 2.45) is 0 Å². The molecule has 0 aliphatic rings. The van der Waals surface area contributed by atoms with Crippen molar-refractivity contribution in [2.75, 3.05) is 0 Å². The Balaban J connectivity index is 2.02. The molecule has 5 nitrogen and oxygen atoms in total. The first kappa shape index (κ1) is 13.4. The summed E-state index contributed by atoms with van der Waals surface area (Å²) in [6, 6.07) is 11.8. The number of nitrogens with zero attached hydrogens (tertiary/aromatic N) is 3. The van der Waals surface area contributed by atoms with E-state index in [2.05, 4.69) is 36.1 Å². The number of hydrogen-bond acceptors (Lipinski definition) is 3. The van der Waals surface area contributed by atoms with Gasteiger partial charge in [0.2, 0.25) is 0 Å². The van der Waals surface area contributed by atoms with Crippen molar-refractivity contribution in [2.45, 2.75) is 0 Å². The summed E-state index contributed by atoms with van der Waals surface area (Å²) in [7, 11) is 0. The fourth-order valence-corrected chi connectivity index (χ4v) is 3.17. The average molecular weight is 372 g/mol. The Morgan fingerprint density at radius 1 is 1.14 bits per heavy atom. The Labute approximate surface area is 139 Å². The van der Waals surface area contributed by atoms with E-state index in [1.54, 1.807) is 6.20 Å². The van der Waals surface area contributed by atoms with Crippen LogP contribution in [0.1, 0.15) is 0 Å². The fraction of sp³-hybridized carbons (Fsp3) is 0. The molecule has 0 aliphatic carbocycles. The summed E-state index contributed by atoms with van der Waals surface area (Å²) in [5.41, 5.74) is 2.71. The normalized spacial score (nSPS) is 11.1. The molecule has 22 heavy (non-hydrogen) atoms. The molecule has 0 unspecified atom stereocenters. The highest BCUT2D eigenvalue weighted by Crippen LogP contribution is 2.30. The van der Waals surface area contributed by atoms with Crippen molar-refractivity contribution in [1.29, 1.82) is 0 Å². The van der Waals surface area contributed by atoms with Crippen LogP contribution in [0.2, 0.25) is 0 Å². The number of aromatic nitrogens is 5. The first-order valence-electron chi connectivity index (χ1n) is 6.60. The molecule has 1 aromatic carbocycles. The largest absolute Gasteiger partial charge is 0.345 e. The van der Waals surface area contributed by atoms with Crippen molar-refractivity contribution in [1.82, 2.24) is 24.7 Å². The zero-order valence-electron chi connectivity index (χ0n) is 11.2. The van der Waals surface area contributed by atoms with E-state index < -0.39 is 0 Å². The summed E-state index contributed by atoms with van der Waals surface area (Å²) in [5.74, 6) is 0.746. The molecule has 0 atom stereocenters. The number of pyridine rings is 1. The quantitative estimate of drug-likeness (QED) is 0.518. The SMILES string of the molecule is S=c1[nH]nc(-c2c[nH]c3ncccc23)n1-c1ccccc1Br. The van der Waals surface area contributed by atoms with Crippen molar-refractivity contribution in [3.8, 4) is 17.1 Å². The molecular weight excluding hydrogens is 362 g/mol. The number of rotatable bonds is 2. The van der Waals surface area contributed by atoms with E-state index in [4.69, 9.17) is 12.2 Å². The van der Waals surface area contributed by atoms with Crippen LogP contribution in [0.15, 0.2) is 53.3 Å². The van der Waals surface area contributed by atoms with Gasteiger partial charge < -0.3 is 4.98 Å². The molecular formula is C15H10BrN5S. The lowest BCUT2D eigenvalue weighted by Crippen LogP contribution is -1.98. The van der Waals surface area contributed by atoms with E-state index in [1.165, 1.54) is 0 Å². The number of halogens is 1. The maximum atomic E-state index is 5.41. The predicted molar refractivity (Wildman–Crippen MR) is 91.5 cm³/mol. The van der Waals surface area contributed by atoms with Crippen LogP contribution in [0.4, 0.5) is 0 Å². The van der Waals surface area contributed by atoms with Crippen molar-refractivity contribution < 1.29 is 0 Å². The highest BCUT2D eigenvalue weighted by molar-refractivity contribution is 9.10. The minimum atomic E-state index is 0.542. The zero-order chi connectivity index (χ0) is 15.1. The molecule has 7 heteroatoms. The first-order valence-corrected chi connectivity index (χ1v) is 7.80. The zero-order valence-corrected chi connectivity index (χ0v) is 13.6. The highest BCUT2D eigenvalue weighted by Gasteiger charge is 2.16. The van der Waals surface area contributed by atoms with Gasteiger partial charge in [-0.3, -0.25) is 9.67 Å². The van der Waals surface area contributed by atoms with Gasteiger partial charge >= 0.3 is 0 Å². The molecule has 0 fully saturated rings. The number of H-pyrrole nitrogens is 2. The van der Waals surface area contributed by atoms with E-state index in [-0.39, 0.29) is 0 Å². The lowest BCUT2D eigenvalue weighted by molar-refractivity contribution is 1.03. The van der Waals surface area contributed by atoms with Gasteiger partial charge in [-0.1, -0.05) is 12.1 Å². The Morgan fingerprint density at radius 3 is 2.86 bits per heavy atom. The van der Waals surface area contributed by atoms with Crippen LogP contribution in [0, 0.1) is 4.77 Å². The maximum Gasteiger partial charge on any atom is 0.200 e. The van der Waals surface area contributed by atoms with E-state index in [0.717, 1.165) is 32.6 Å². The van der Waals surface area contributed by atoms with Gasteiger partial charge in [-0.2, -0.15) is 5.10 Å². The van der Waals surface area contributed by atoms with E-state index in [9.17, 15) is 0 Å². The minimum absolute atomic E-state index is 0.542. The smallest absolute Gasteiger partial charge is 0.200 e. The van der Waals surface area contributed by atoms with Gasteiger partial charge in [0.05, 0.1) is 5.69 Å². The standard InChI is InChI=1S/C15H10BrN5S/c16-11-5-1-2-6-12(11)21-14(19-20-15(21)22)10-8-18-13-9(10)4-3-7-17-13/h1-8H,(H,17,18)(H,20,22). The number of nitrogens with one attached hydrogen (secondary N) is 2. The third-order valence-electron chi connectivity index (χ3n) is 3.46. The second kappa shape index (κ2) is 5.19. The Morgan fingerprint density at radius 2 is 2.00 bits per heavy atom. The molecule has 0 saturated carbocycles. The number of aromatic amines is 2. The van der Waals surface area contributed by atoms with Crippen molar-refractivity contribution >= 4 is 39.2 Å². The number of hydrogen-bond donors (Lipinski definition) is 2. The molecule has 4 aromatic rings. The maximum absolute atomic E-state index is 5.41. The van der Waals surface area contributed by atoms with E-state index in [1.807, 2.05) is 47.2 Å². The summed E-state index contributed by atoms with van der Waals surface area (Å²) in [5, 5.41) is 8.28. The molecule has 4 rings (SSSR count). The van der Waals surface area contributed by atoms with Gasteiger partial charge in [0, 0.05) is 27.8 Å². The lowest BCUT2D eigenvalue weighted by atomic mass is 10.2. The fourth-order valence-electron chi connectivity index (χ4n) is 2.48. The molecule has 0 bridgehead atoms. The third-order valence-corrected chi connectivity index (χ3v) is 4.40. The summed E-state index contributed by atoms with van der Waals surface area (Å²) in [4.78, 5) is 7.48. The molecule has 3 aromatic heterocycles. The van der Waals surface area contributed by atoms with Gasteiger partial charge in [-0.05, 0) is 52.4 Å². The van der Waals surface area contributed by atoms with Crippen LogP contribution in [0.5, 0.6) is 0 Å². The third kappa shape index (κ3) is 2.01. The summed E-state index contributed by atoms with van der Waals surface area (Å²) >= 11 is 8.98. The summed E-state index contributed by atoms with van der Waals surface area (Å²) in [6.07, 6.45) is 3.66. The van der Waals surface area contributed by atoms with Gasteiger partial charge in [-0.25, -0.2) is 4.98 Å². The molecule has 3 heterocycles. The van der Waals surface area contributed by atoms with Crippen LogP contribution in [-0.4, -0.2) is 24.7 Å². The summed E-state index contributed by atoms with van der Waals surface area (Å²) in [6.45, 7) is 0. The van der Waals surface area contributed by atoms with Crippen molar-refractivity contribution in [3.05, 3.63) is 58.0 Å². The number of para-hydroxylation sites is 1. The Kier molecular flexibility index (Phi) is 3.16. The number of benzene rings is 1. The average Bonchev–Trinajstić information content (AvgIpc) is 3.11. The van der Waals surface area contributed by atoms with Gasteiger partial charge in [0.1, 0.15) is 5.65 Å². The van der Waals surface area contributed by atoms with E-state index in [0.29, 0.717) is 4.77 Å². The first-order chi connectivity index (χ1) is 10.8. The molecule has 0 spiro atoms. The Hall–Kier alpha value is -2.25. The summed E-state index contributed by atoms with van der Waals surface area (Å²) < 4.78 is 3.40. The van der Waals surface area contributed by atoms with Crippen LogP contribution in [0.25, 0.3) is 28.1 Å². The van der Waals surface area contributed by atoms with Crippen LogP contribution >= 0.6 is 28.1 Å². The van der Waals surface area contributed by atoms with Gasteiger partial charge in [0.15, 0.2) is 10.6 Å². The van der Waals surface area contributed by atoms with Crippen molar-refractivity contribution in [3.63, 3.8) is 0 Å². The lowest BCUT2D eigenvalue weighted by Gasteiger charge is -2.08. The molecule has 0 saturated heterocycles. The van der Waals surface area contributed by atoms with Crippen LogP contribution in [-0.2, 0) is 0 Å². The monoisotopic (exact) mass is 371 g/mol. The number of fused-ring (bicyclic) bond motifs is 1. The second-order valence-electron chi connectivity index (χ2n) is 4.74. The highest BCUT2D eigenvalue weighted by atomic mass is 79.9. The van der Waals surface area contributed by atoms with Gasteiger partial charge in [-0.15, -0.1) is 0 Å². The molecule has 2 N–H and O–H groups in total.